The highest BCUT2D eigenvalue weighted by Gasteiger charge is 2.34. The Morgan fingerprint density at radius 1 is 1.11 bits per heavy atom. The van der Waals surface area contributed by atoms with Gasteiger partial charge in [-0.25, -0.2) is 4.79 Å². The fraction of sp³-hybridized carbons (Fsp3) is 0.435. The first kappa shape index (κ1) is 20.2. The molecule has 0 aromatic heterocycles. The van der Waals surface area contributed by atoms with Crippen LogP contribution in [0.3, 0.4) is 0 Å². The molecule has 0 aliphatic carbocycles. The van der Waals surface area contributed by atoms with Gasteiger partial charge in [-0.3, -0.25) is 4.90 Å². The van der Waals surface area contributed by atoms with Crippen molar-refractivity contribution in [3.63, 3.8) is 0 Å². The van der Waals surface area contributed by atoms with Crippen LogP contribution in [0.1, 0.15) is 32.8 Å². The second kappa shape index (κ2) is 9.11. The third kappa shape index (κ3) is 5.26. The molecule has 1 unspecified atom stereocenters. The van der Waals surface area contributed by atoms with E-state index in [1.54, 1.807) is 4.90 Å². The number of aryl methyl sites for hydroxylation is 1. The van der Waals surface area contributed by atoms with Crippen molar-refractivity contribution in [2.24, 2.45) is 5.92 Å². The summed E-state index contributed by atoms with van der Waals surface area (Å²) in [6, 6.07) is 17.8. The topological polar surface area (TPSA) is 48.0 Å². The number of para-hydroxylation sites is 1. The molecule has 1 saturated heterocycles. The number of rotatable bonds is 7. The zero-order valence-corrected chi connectivity index (χ0v) is 16.9. The largest absolute Gasteiger partial charge is 0.457 e. The third-order valence-corrected chi connectivity index (χ3v) is 5.36. The Bertz CT molecular complexity index is 754. The zero-order chi connectivity index (χ0) is 20.0. The van der Waals surface area contributed by atoms with Crippen LogP contribution in [0.5, 0.6) is 11.5 Å². The van der Waals surface area contributed by atoms with Crippen molar-refractivity contribution in [3.8, 4) is 11.5 Å². The van der Waals surface area contributed by atoms with Crippen molar-refractivity contribution in [2.45, 2.75) is 39.2 Å². The van der Waals surface area contributed by atoms with Gasteiger partial charge >= 0.3 is 6.09 Å². The van der Waals surface area contributed by atoms with Gasteiger partial charge in [0.05, 0.1) is 6.61 Å². The Balaban J connectivity index is 1.57. The molecule has 0 spiro atoms. The van der Waals surface area contributed by atoms with Gasteiger partial charge in [0.25, 0.3) is 0 Å². The lowest BCUT2D eigenvalue weighted by Crippen LogP contribution is -2.42. The van der Waals surface area contributed by atoms with Crippen LogP contribution in [0.25, 0.3) is 0 Å². The molecule has 5 nitrogen and oxygen atoms in total. The van der Waals surface area contributed by atoms with Gasteiger partial charge in [-0.05, 0) is 55.5 Å². The molecule has 28 heavy (non-hydrogen) atoms. The van der Waals surface area contributed by atoms with E-state index in [1.165, 1.54) is 5.56 Å². The molecule has 2 aromatic carbocycles. The first-order valence-corrected chi connectivity index (χ1v) is 9.84. The van der Waals surface area contributed by atoms with E-state index >= 15 is 0 Å². The van der Waals surface area contributed by atoms with Crippen LogP contribution in [-0.4, -0.2) is 36.5 Å². The molecule has 1 fully saturated rings. The quantitative estimate of drug-likeness (QED) is 0.655. The second-order valence-electron chi connectivity index (χ2n) is 7.70. The molecule has 1 atom stereocenters. The van der Waals surface area contributed by atoms with Crippen molar-refractivity contribution in [1.29, 1.82) is 0 Å². The summed E-state index contributed by atoms with van der Waals surface area (Å²) in [7, 11) is 0. The SMILES string of the molecule is CC(C)C(C)(CCc1ccc(Oc2ccccc2)cc1)OC(=O)N1CCOC1. The Hall–Kier alpha value is -2.53. The smallest absolute Gasteiger partial charge is 0.412 e. The summed E-state index contributed by atoms with van der Waals surface area (Å²) >= 11 is 0. The summed E-state index contributed by atoms with van der Waals surface area (Å²) in [5.41, 5.74) is 0.659. The zero-order valence-electron chi connectivity index (χ0n) is 16.9. The molecule has 1 amide bonds. The predicted octanol–water partition coefficient (Wildman–Crippen LogP) is 5.25. The number of nitrogens with zero attached hydrogens (tertiary/aromatic N) is 1. The summed E-state index contributed by atoms with van der Waals surface area (Å²) in [6.07, 6.45) is 1.29. The van der Waals surface area contributed by atoms with Crippen molar-refractivity contribution in [1.82, 2.24) is 4.90 Å². The summed E-state index contributed by atoms with van der Waals surface area (Å²) in [5.74, 6) is 1.84. The molecular formula is C23H29NO4. The maximum Gasteiger partial charge on any atom is 0.412 e. The monoisotopic (exact) mass is 383 g/mol. The molecule has 0 saturated carbocycles. The van der Waals surface area contributed by atoms with Gasteiger partial charge < -0.3 is 14.2 Å². The van der Waals surface area contributed by atoms with Crippen LogP contribution in [0.2, 0.25) is 0 Å². The Kier molecular flexibility index (Phi) is 6.57. The summed E-state index contributed by atoms with van der Waals surface area (Å²) in [6.45, 7) is 7.67. The molecule has 1 aliphatic heterocycles. The van der Waals surface area contributed by atoms with Gasteiger partial charge in [0.15, 0.2) is 0 Å². The minimum Gasteiger partial charge on any atom is -0.457 e. The Morgan fingerprint density at radius 2 is 1.79 bits per heavy atom. The number of hydrogen-bond acceptors (Lipinski definition) is 4. The molecule has 3 rings (SSSR count). The van der Waals surface area contributed by atoms with Gasteiger partial charge in [-0.2, -0.15) is 0 Å². The standard InChI is InChI=1S/C23H29NO4/c1-18(2)23(3,28-22(25)24-15-16-26-17-24)14-13-19-9-11-21(12-10-19)27-20-7-5-4-6-8-20/h4-12,18H,13-17H2,1-3H3. The Morgan fingerprint density at radius 3 is 2.39 bits per heavy atom. The first-order chi connectivity index (χ1) is 13.5. The first-order valence-electron chi connectivity index (χ1n) is 9.84. The van der Waals surface area contributed by atoms with Gasteiger partial charge in [0, 0.05) is 6.54 Å². The van der Waals surface area contributed by atoms with E-state index in [2.05, 4.69) is 26.0 Å². The summed E-state index contributed by atoms with van der Waals surface area (Å²) < 4.78 is 17.0. The fourth-order valence-corrected chi connectivity index (χ4v) is 3.02. The lowest BCUT2D eigenvalue weighted by Gasteiger charge is -2.35. The highest BCUT2D eigenvalue weighted by Crippen LogP contribution is 2.29. The maximum atomic E-state index is 12.4. The lowest BCUT2D eigenvalue weighted by molar-refractivity contribution is -0.0347. The Labute approximate surface area is 167 Å². The van der Waals surface area contributed by atoms with Crippen molar-refractivity contribution in [2.75, 3.05) is 19.9 Å². The minimum atomic E-state index is -0.529. The maximum absolute atomic E-state index is 12.4. The minimum absolute atomic E-state index is 0.209. The number of hydrogen-bond donors (Lipinski definition) is 0. The second-order valence-corrected chi connectivity index (χ2v) is 7.70. The van der Waals surface area contributed by atoms with Gasteiger partial charge in [-0.1, -0.05) is 44.2 Å². The predicted molar refractivity (Wildman–Crippen MR) is 109 cm³/mol. The van der Waals surface area contributed by atoms with Crippen LogP contribution in [-0.2, 0) is 15.9 Å². The number of carbonyl (C=O) groups is 1. The number of carbonyl (C=O) groups excluding carboxylic acids is 1. The average Bonchev–Trinajstić information content (AvgIpc) is 3.23. The van der Waals surface area contributed by atoms with Gasteiger partial charge in [-0.15, -0.1) is 0 Å². The average molecular weight is 383 g/mol. The third-order valence-electron chi connectivity index (χ3n) is 5.36. The number of ether oxygens (including phenoxy) is 3. The molecule has 150 valence electrons. The molecule has 2 aromatic rings. The van der Waals surface area contributed by atoms with Crippen molar-refractivity contribution >= 4 is 6.09 Å². The van der Waals surface area contributed by atoms with E-state index in [0.29, 0.717) is 19.9 Å². The van der Waals surface area contributed by atoms with E-state index in [4.69, 9.17) is 14.2 Å². The van der Waals surface area contributed by atoms with E-state index in [-0.39, 0.29) is 12.0 Å². The molecule has 0 radical (unpaired) electrons. The van der Waals surface area contributed by atoms with E-state index in [9.17, 15) is 4.79 Å². The van der Waals surface area contributed by atoms with E-state index in [0.717, 1.165) is 24.3 Å². The van der Waals surface area contributed by atoms with Gasteiger partial charge in [0.2, 0.25) is 0 Å². The molecule has 0 N–H and O–H groups in total. The highest BCUT2D eigenvalue weighted by atomic mass is 16.6. The van der Waals surface area contributed by atoms with Crippen LogP contribution < -0.4 is 4.74 Å². The molecular weight excluding hydrogens is 354 g/mol. The lowest BCUT2D eigenvalue weighted by atomic mass is 9.86. The highest BCUT2D eigenvalue weighted by molar-refractivity contribution is 5.68. The normalized spacial score (nSPS) is 16.1. The van der Waals surface area contributed by atoms with Crippen LogP contribution in [0, 0.1) is 5.92 Å². The molecule has 0 bridgehead atoms. The van der Waals surface area contributed by atoms with Crippen molar-refractivity contribution < 1.29 is 19.0 Å². The van der Waals surface area contributed by atoms with Crippen LogP contribution in [0.4, 0.5) is 4.79 Å². The number of benzene rings is 2. The summed E-state index contributed by atoms with van der Waals surface area (Å²) in [4.78, 5) is 14.0. The van der Waals surface area contributed by atoms with E-state index in [1.807, 2.05) is 49.4 Å². The summed E-state index contributed by atoms with van der Waals surface area (Å²) in [5, 5.41) is 0. The van der Waals surface area contributed by atoms with Crippen LogP contribution in [0.15, 0.2) is 54.6 Å². The molecule has 1 heterocycles. The molecule has 1 aliphatic rings. The number of amides is 1. The van der Waals surface area contributed by atoms with E-state index < -0.39 is 5.60 Å². The van der Waals surface area contributed by atoms with Gasteiger partial charge in [0.1, 0.15) is 23.8 Å². The molecule has 5 heteroatoms. The van der Waals surface area contributed by atoms with Crippen LogP contribution >= 0.6 is 0 Å². The fourth-order valence-electron chi connectivity index (χ4n) is 3.02. The van der Waals surface area contributed by atoms with Crippen molar-refractivity contribution in [3.05, 3.63) is 60.2 Å².